The molecule has 0 aliphatic carbocycles. The molecular weight excluding hydrogens is 212 g/mol. The third kappa shape index (κ3) is 2.76. The molecule has 1 aliphatic heterocycles. The number of hydrogen-bond acceptors (Lipinski definition) is 4. The van der Waals surface area contributed by atoms with Gasteiger partial charge in [-0.2, -0.15) is 0 Å². The highest BCUT2D eigenvalue weighted by Gasteiger charge is 2.21. The van der Waals surface area contributed by atoms with Crippen LogP contribution in [0.4, 0.5) is 5.82 Å². The van der Waals surface area contributed by atoms with Crippen LogP contribution in [0, 0.1) is 0 Å². The highest BCUT2D eigenvalue weighted by molar-refractivity contribution is 5.42. The maximum absolute atomic E-state index is 5.91. The first kappa shape index (κ1) is 12.3. The van der Waals surface area contributed by atoms with Crippen molar-refractivity contribution in [3.63, 3.8) is 0 Å². The molecule has 0 radical (unpaired) electrons. The summed E-state index contributed by atoms with van der Waals surface area (Å²) in [5, 5.41) is 0. The van der Waals surface area contributed by atoms with Gasteiger partial charge >= 0.3 is 0 Å². The molecule has 4 nitrogen and oxygen atoms in total. The van der Waals surface area contributed by atoms with Crippen LogP contribution in [0.25, 0.3) is 0 Å². The summed E-state index contributed by atoms with van der Waals surface area (Å²) in [5.74, 6) is 1.06. The fraction of sp³-hybridized carbons (Fsp3) is 0.615. The van der Waals surface area contributed by atoms with Crippen LogP contribution in [0.1, 0.15) is 25.5 Å². The molecule has 0 amide bonds. The molecule has 0 spiro atoms. The van der Waals surface area contributed by atoms with Gasteiger partial charge in [-0.3, -0.25) is 0 Å². The third-order valence-corrected chi connectivity index (χ3v) is 3.58. The topological polar surface area (TPSA) is 45.4 Å². The Morgan fingerprint density at radius 2 is 2.24 bits per heavy atom. The summed E-state index contributed by atoms with van der Waals surface area (Å²) in [7, 11) is 2.17. The van der Waals surface area contributed by atoms with E-state index >= 15 is 0 Å². The van der Waals surface area contributed by atoms with E-state index in [1.54, 1.807) is 0 Å². The minimum absolute atomic E-state index is 0.0710. The molecule has 0 aromatic carbocycles. The molecular formula is C13H22N4. The van der Waals surface area contributed by atoms with E-state index in [-0.39, 0.29) is 6.04 Å². The maximum atomic E-state index is 5.91. The van der Waals surface area contributed by atoms with Gasteiger partial charge in [-0.05, 0) is 38.6 Å². The molecule has 94 valence electrons. The van der Waals surface area contributed by atoms with Crippen molar-refractivity contribution in [2.75, 3.05) is 31.6 Å². The van der Waals surface area contributed by atoms with Crippen LogP contribution in [-0.4, -0.2) is 42.6 Å². The average molecular weight is 234 g/mol. The van der Waals surface area contributed by atoms with E-state index in [0.717, 1.165) is 31.0 Å². The van der Waals surface area contributed by atoms with E-state index in [4.69, 9.17) is 5.73 Å². The molecule has 1 fully saturated rings. The van der Waals surface area contributed by atoms with Crippen molar-refractivity contribution in [2.45, 2.75) is 25.9 Å². The third-order valence-electron chi connectivity index (χ3n) is 3.58. The van der Waals surface area contributed by atoms with Gasteiger partial charge in [-0.15, -0.1) is 0 Å². The molecule has 4 heteroatoms. The van der Waals surface area contributed by atoms with Crippen LogP contribution >= 0.6 is 0 Å². The lowest BCUT2D eigenvalue weighted by Crippen LogP contribution is -2.50. The van der Waals surface area contributed by atoms with E-state index in [9.17, 15) is 0 Å². The molecule has 0 bridgehead atoms. The lowest BCUT2D eigenvalue weighted by atomic mass is 10.1. The first-order valence-corrected chi connectivity index (χ1v) is 6.24. The normalized spacial score (nSPS) is 23.8. The van der Waals surface area contributed by atoms with Crippen molar-refractivity contribution in [2.24, 2.45) is 5.73 Å². The SMILES string of the molecule is CC1CN(c2cc([C@@H](C)N)ccn2)CCN1C. The Hall–Kier alpha value is -1.13. The minimum Gasteiger partial charge on any atom is -0.354 e. The molecule has 2 atom stereocenters. The Morgan fingerprint density at radius 1 is 1.47 bits per heavy atom. The number of pyridine rings is 1. The number of piperazine rings is 1. The molecule has 1 aromatic rings. The van der Waals surface area contributed by atoms with Crippen LogP contribution in [0.2, 0.25) is 0 Å². The van der Waals surface area contributed by atoms with Gasteiger partial charge in [0, 0.05) is 37.9 Å². The highest BCUT2D eigenvalue weighted by atomic mass is 15.3. The van der Waals surface area contributed by atoms with Crippen molar-refractivity contribution in [3.05, 3.63) is 23.9 Å². The zero-order valence-corrected chi connectivity index (χ0v) is 10.9. The number of likely N-dealkylation sites (N-methyl/N-ethyl adjacent to an activating group) is 1. The van der Waals surface area contributed by atoms with Crippen LogP contribution in [-0.2, 0) is 0 Å². The fourth-order valence-corrected chi connectivity index (χ4v) is 2.15. The number of rotatable bonds is 2. The van der Waals surface area contributed by atoms with Gasteiger partial charge in [0.2, 0.25) is 0 Å². The van der Waals surface area contributed by atoms with Gasteiger partial charge in [-0.1, -0.05) is 0 Å². The Balaban J connectivity index is 2.14. The van der Waals surface area contributed by atoms with E-state index in [1.165, 1.54) is 0 Å². The predicted octanol–water partition coefficient (Wildman–Crippen LogP) is 1.24. The average Bonchev–Trinajstić information content (AvgIpc) is 2.33. The summed E-state index contributed by atoms with van der Waals surface area (Å²) in [6.07, 6.45) is 1.86. The summed E-state index contributed by atoms with van der Waals surface area (Å²) in [6, 6.07) is 4.75. The van der Waals surface area contributed by atoms with Crippen LogP contribution < -0.4 is 10.6 Å². The summed E-state index contributed by atoms with van der Waals surface area (Å²) in [4.78, 5) is 9.18. The monoisotopic (exact) mass is 234 g/mol. The second-order valence-corrected chi connectivity index (χ2v) is 5.01. The molecule has 2 rings (SSSR count). The Labute approximate surface area is 103 Å². The summed E-state index contributed by atoms with van der Waals surface area (Å²) in [5.41, 5.74) is 7.06. The van der Waals surface area contributed by atoms with Crippen LogP contribution in [0.5, 0.6) is 0 Å². The van der Waals surface area contributed by atoms with E-state index < -0.39 is 0 Å². The molecule has 1 aliphatic rings. The van der Waals surface area contributed by atoms with Crippen molar-refractivity contribution in [3.8, 4) is 0 Å². The minimum atomic E-state index is 0.0710. The van der Waals surface area contributed by atoms with E-state index in [1.807, 2.05) is 19.2 Å². The number of nitrogens with two attached hydrogens (primary N) is 1. The largest absolute Gasteiger partial charge is 0.354 e. The van der Waals surface area contributed by atoms with E-state index in [2.05, 4.69) is 34.8 Å². The standard InChI is InChI=1S/C13H22N4/c1-10-9-17(7-6-16(10)3)13-8-12(11(2)14)4-5-15-13/h4-5,8,10-11H,6-7,9,14H2,1-3H3/t10?,11-/m1/s1. The van der Waals surface area contributed by atoms with Crippen LogP contribution in [0.3, 0.4) is 0 Å². The lowest BCUT2D eigenvalue weighted by molar-refractivity contribution is 0.233. The quantitative estimate of drug-likeness (QED) is 0.836. The van der Waals surface area contributed by atoms with Gasteiger partial charge in [0.1, 0.15) is 5.82 Å². The molecule has 17 heavy (non-hydrogen) atoms. The zero-order valence-electron chi connectivity index (χ0n) is 10.9. The highest BCUT2D eigenvalue weighted by Crippen LogP contribution is 2.19. The van der Waals surface area contributed by atoms with Gasteiger partial charge in [0.25, 0.3) is 0 Å². The molecule has 0 saturated carbocycles. The Bertz CT molecular complexity index is 377. The number of anilines is 1. The number of aromatic nitrogens is 1. The molecule has 1 unspecified atom stereocenters. The van der Waals surface area contributed by atoms with Gasteiger partial charge in [-0.25, -0.2) is 4.98 Å². The first-order valence-electron chi connectivity index (χ1n) is 6.24. The van der Waals surface area contributed by atoms with Gasteiger partial charge in [0.15, 0.2) is 0 Å². The Kier molecular flexibility index (Phi) is 3.64. The van der Waals surface area contributed by atoms with Crippen LogP contribution in [0.15, 0.2) is 18.3 Å². The van der Waals surface area contributed by atoms with E-state index in [0.29, 0.717) is 6.04 Å². The number of hydrogen-bond donors (Lipinski definition) is 1. The van der Waals surface area contributed by atoms with Crippen molar-refractivity contribution >= 4 is 5.82 Å². The Morgan fingerprint density at radius 3 is 2.88 bits per heavy atom. The molecule has 2 N–H and O–H groups in total. The molecule has 2 heterocycles. The smallest absolute Gasteiger partial charge is 0.128 e. The summed E-state index contributed by atoms with van der Waals surface area (Å²) in [6.45, 7) is 7.42. The predicted molar refractivity (Wildman–Crippen MR) is 71.1 cm³/mol. The zero-order chi connectivity index (χ0) is 12.4. The molecule has 1 saturated heterocycles. The van der Waals surface area contributed by atoms with Crippen molar-refractivity contribution in [1.82, 2.24) is 9.88 Å². The fourth-order valence-electron chi connectivity index (χ4n) is 2.15. The summed E-state index contributed by atoms with van der Waals surface area (Å²) >= 11 is 0. The summed E-state index contributed by atoms with van der Waals surface area (Å²) < 4.78 is 0. The maximum Gasteiger partial charge on any atom is 0.128 e. The van der Waals surface area contributed by atoms with Crippen molar-refractivity contribution in [1.29, 1.82) is 0 Å². The first-order chi connectivity index (χ1) is 8.08. The second kappa shape index (κ2) is 5.02. The van der Waals surface area contributed by atoms with Crippen molar-refractivity contribution < 1.29 is 0 Å². The van der Waals surface area contributed by atoms with Gasteiger partial charge in [0.05, 0.1) is 0 Å². The van der Waals surface area contributed by atoms with Gasteiger partial charge < -0.3 is 15.5 Å². The number of nitrogens with zero attached hydrogens (tertiary/aromatic N) is 3. The molecule has 1 aromatic heterocycles. The second-order valence-electron chi connectivity index (χ2n) is 5.01. The lowest BCUT2D eigenvalue weighted by Gasteiger charge is -2.38.